The summed E-state index contributed by atoms with van der Waals surface area (Å²) in [6, 6.07) is 0. The number of rotatable bonds is 6. The standard InChI is InChI=1S/C11H16ClN3O2S/c1-3-15(2)11(17)6-13-9(16)4-10-14-8(5-12)7-18-10/h7H,3-6H2,1-2H3,(H,13,16). The quantitative estimate of drug-likeness (QED) is 0.795. The molecule has 0 atom stereocenters. The van der Waals surface area contributed by atoms with E-state index in [1.54, 1.807) is 11.9 Å². The molecule has 0 unspecified atom stereocenters. The molecule has 0 bridgehead atoms. The van der Waals surface area contributed by atoms with Crippen LogP contribution in [0.4, 0.5) is 0 Å². The SMILES string of the molecule is CCN(C)C(=O)CNC(=O)Cc1nc(CCl)cs1. The lowest BCUT2D eigenvalue weighted by Crippen LogP contribution is -2.38. The molecular formula is C11H16ClN3O2S. The minimum atomic E-state index is -0.205. The third kappa shape index (κ3) is 4.62. The van der Waals surface area contributed by atoms with Gasteiger partial charge >= 0.3 is 0 Å². The van der Waals surface area contributed by atoms with Crippen LogP contribution in [0.3, 0.4) is 0 Å². The average molecular weight is 290 g/mol. The van der Waals surface area contributed by atoms with E-state index in [2.05, 4.69) is 10.3 Å². The van der Waals surface area contributed by atoms with Crippen molar-refractivity contribution in [3.63, 3.8) is 0 Å². The van der Waals surface area contributed by atoms with Gasteiger partial charge in [0, 0.05) is 19.0 Å². The van der Waals surface area contributed by atoms with E-state index in [9.17, 15) is 9.59 Å². The van der Waals surface area contributed by atoms with Crippen LogP contribution < -0.4 is 5.32 Å². The van der Waals surface area contributed by atoms with Crippen LogP contribution in [0, 0.1) is 0 Å². The topological polar surface area (TPSA) is 62.3 Å². The number of halogens is 1. The number of hydrogen-bond donors (Lipinski definition) is 1. The van der Waals surface area contributed by atoms with Crippen LogP contribution in [-0.4, -0.2) is 41.8 Å². The third-order valence-electron chi connectivity index (χ3n) is 2.38. The molecule has 1 N–H and O–H groups in total. The molecular weight excluding hydrogens is 274 g/mol. The molecule has 0 aliphatic heterocycles. The number of hydrogen-bond acceptors (Lipinski definition) is 4. The fraction of sp³-hybridized carbons (Fsp3) is 0.545. The average Bonchev–Trinajstić information content (AvgIpc) is 2.82. The molecule has 0 saturated carbocycles. The lowest BCUT2D eigenvalue weighted by atomic mass is 10.4. The molecule has 0 saturated heterocycles. The van der Waals surface area contributed by atoms with Crippen LogP contribution in [0.5, 0.6) is 0 Å². The van der Waals surface area contributed by atoms with Crippen LogP contribution in [0.15, 0.2) is 5.38 Å². The van der Waals surface area contributed by atoms with Gasteiger partial charge in [0.2, 0.25) is 11.8 Å². The van der Waals surface area contributed by atoms with Gasteiger partial charge in [-0.1, -0.05) is 0 Å². The predicted octanol–water partition coefficient (Wildman–Crippen LogP) is 1.02. The highest BCUT2D eigenvalue weighted by Gasteiger charge is 2.11. The second-order valence-electron chi connectivity index (χ2n) is 3.73. The molecule has 100 valence electrons. The zero-order valence-corrected chi connectivity index (χ0v) is 12.0. The van der Waals surface area contributed by atoms with Crippen LogP contribution >= 0.6 is 22.9 Å². The van der Waals surface area contributed by atoms with Gasteiger partial charge in [-0.25, -0.2) is 4.98 Å². The van der Waals surface area contributed by atoms with Gasteiger partial charge in [-0.3, -0.25) is 9.59 Å². The lowest BCUT2D eigenvalue weighted by molar-refractivity contribution is -0.131. The Morgan fingerprint density at radius 3 is 2.83 bits per heavy atom. The number of aromatic nitrogens is 1. The van der Waals surface area contributed by atoms with E-state index in [0.29, 0.717) is 17.4 Å². The fourth-order valence-electron chi connectivity index (χ4n) is 1.18. The van der Waals surface area contributed by atoms with Crippen molar-refractivity contribution in [1.82, 2.24) is 15.2 Å². The van der Waals surface area contributed by atoms with Crippen molar-refractivity contribution in [1.29, 1.82) is 0 Å². The van der Waals surface area contributed by atoms with E-state index in [1.165, 1.54) is 11.3 Å². The first kappa shape index (κ1) is 14.9. The molecule has 1 aromatic rings. The number of nitrogens with zero attached hydrogens (tertiary/aromatic N) is 2. The van der Waals surface area contributed by atoms with E-state index in [0.717, 1.165) is 5.69 Å². The van der Waals surface area contributed by atoms with E-state index in [4.69, 9.17) is 11.6 Å². The van der Waals surface area contributed by atoms with Crippen molar-refractivity contribution in [2.24, 2.45) is 0 Å². The Morgan fingerprint density at radius 1 is 1.56 bits per heavy atom. The number of likely N-dealkylation sites (N-methyl/N-ethyl adjacent to an activating group) is 1. The number of carbonyl (C=O) groups is 2. The van der Waals surface area contributed by atoms with E-state index >= 15 is 0 Å². The molecule has 0 aliphatic rings. The van der Waals surface area contributed by atoms with Gasteiger partial charge < -0.3 is 10.2 Å². The number of carbonyl (C=O) groups excluding carboxylic acids is 2. The Balaban J connectivity index is 2.35. The molecule has 0 radical (unpaired) electrons. The molecule has 0 aliphatic carbocycles. The van der Waals surface area contributed by atoms with Crippen LogP contribution in [0.25, 0.3) is 0 Å². The first-order chi connectivity index (χ1) is 8.56. The van der Waals surface area contributed by atoms with Crippen molar-refractivity contribution in [3.05, 3.63) is 16.1 Å². The maximum Gasteiger partial charge on any atom is 0.241 e. The zero-order valence-electron chi connectivity index (χ0n) is 10.4. The predicted molar refractivity (Wildman–Crippen MR) is 71.7 cm³/mol. The number of thiazole rings is 1. The molecule has 0 spiro atoms. The van der Waals surface area contributed by atoms with Crippen molar-refractivity contribution in [2.75, 3.05) is 20.1 Å². The summed E-state index contributed by atoms with van der Waals surface area (Å²) in [6.45, 7) is 2.53. The molecule has 7 heteroatoms. The minimum absolute atomic E-state index is 0.0247. The van der Waals surface area contributed by atoms with Gasteiger partial charge in [0.15, 0.2) is 0 Å². The molecule has 2 amide bonds. The van der Waals surface area contributed by atoms with Gasteiger partial charge in [0.1, 0.15) is 5.01 Å². The molecule has 1 heterocycles. The van der Waals surface area contributed by atoms with Crippen LogP contribution in [-0.2, 0) is 21.9 Å². The molecule has 5 nitrogen and oxygen atoms in total. The monoisotopic (exact) mass is 289 g/mol. The summed E-state index contributed by atoms with van der Waals surface area (Å²) < 4.78 is 0. The molecule has 18 heavy (non-hydrogen) atoms. The Hall–Kier alpha value is -1.14. The lowest BCUT2D eigenvalue weighted by Gasteiger charge is -2.14. The molecule has 1 rings (SSSR count). The van der Waals surface area contributed by atoms with E-state index in [-0.39, 0.29) is 24.8 Å². The van der Waals surface area contributed by atoms with Crippen molar-refractivity contribution >= 4 is 34.8 Å². The van der Waals surface area contributed by atoms with E-state index < -0.39 is 0 Å². The van der Waals surface area contributed by atoms with Gasteiger partial charge in [0.05, 0.1) is 24.5 Å². The van der Waals surface area contributed by atoms with Crippen LogP contribution in [0.1, 0.15) is 17.6 Å². The first-order valence-electron chi connectivity index (χ1n) is 5.56. The van der Waals surface area contributed by atoms with Crippen molar-refractivity contribution in [2.45, 2.75) is 19.2 Å². The number of alkyl halides is 1. The molecule has 1 aromatic heterocycles. The number of amides is 2. The minimum Gasteiger partial charge on any atom is -0.347 e. The number of nitrogens with one attached hydrogen (secondary N) is 1. The Kier molecular flexibility index (Phi) is 6.07. The van der Waals surface area contributed by atoms with Gasteiger partial charge in [-0.2, -0.15) is 0 Å². The summed E-state index contributed by atoms with van der Waals surface area (Å²) in [4.78, 5) is 28.8. The Morgan fingerprint density at radius 2 is 2.28 bits per heavy atom. The Bertz CT molecular complexity index is 422. The third-order valence-corrected chi connectivity index (χ3v) is 3.56. The smallest absolute Gasteiger partial charge is 0.241 e. The van der Waals surface area contributed by atoms with Crippen molar-refractivity contribution < 1.29 is 9.59 Å². The summed E-state index contributed by atoms with van der Waals surface area (Å²) in [5.41, 5.74) is 0.770. The highest BCUT2D eigenvalue weighted by Crippen LogP contribution is 2.11. The highest BCUT2D eigenvalue weighted by atomic mass is 35.5. The Labute approximate surface area is 115 Å². The molecule has 0 aromatic carbocycles. The van der Waals surface area contributed by atoms with Gasteiger partial charge in [-0.05, 0) is 6.92 Å². The second-order valence-corrected chi connectivity index (χ2v) is 4.94. The summed E-state index contributed by atoms with van der Waals surface area (Å²) in [7, 11) is 1.70. The van der Waals surface area contributed by atoms with Crippen molar-refractivity contribution in [3.8, 4) is 0 Å². The summed E-state index contributed by atoms with van der Waals surface area (Å²) in [5.74, 6) is 0.0347. The van der Waals surface area contributed by atoms with Gasteiger partial charge in [0.25, 0.3) is 0 Å². The maximum atomic E-state index is 11.6. The summed E-state index contributed by atoms with van der Waals surface area (Å²) in [6.07, 6.45) is 0.185. The largest absolute Gasteiger partial charge is 0.347 e. The summed E-state index contributed by atoms with van der Waals surface area (Å²) in [5, 5.41) is 5.11. The van der Waals surface area contributed by atoms with E-state index in [1.807, 2.05) is 12.3 Å². The highest BCUT2D eigenvalue weighted by molar-refractivity contribution is 7.09. The van der Waals surface area contributed by atoms with Gasteiger partial charge in [-0.15, -0.1) is 22.9 Å². The summed E-state index contributed by atoms with van der Waals surface area (Å²) >= 11 is 7.02. The zero-order chi connectivity index (χ0) is 13.5. The maximum absolute atomic E-state index is 11.6. The first-order valence-corrected chi connectivity index (χ1v) is 6.98. The van der Waals surface area contributed by atoms with Crippen LogP contribution in [0.2, 0.25) is 0 Å². The fourth-order valence-corrected chi connectivity index (χ4v) is 2.20. The molecule has 0 fully saturated rings. The second kappa shape index (κ2) is 7.33. The normalized spacial score (nSPS) is 10.2.